The zero-order valence-electron chi connectivity index (χ0n) is 16.6. The number of carbonyl (C=O) groups is 2. The van der Waals surface area contributed by atoms with Crippen molar-refractivity contribution in [2.75, 3.05) is 32.8 Å². The van der Waals surface area contributed by atoms with Gasteiger partial charge in [0.15, 0.2) is 0 Å². The Balaban J connectivity index is 1.50. The van der Waals surface area contributed by atoms with Crippen LogP contribution in [0.2, 0.25) is 5.02 Å². The van der Waals surface area contributed by atoms with Crippen LogP contribution in [0.25, 0.3) is 21.5 Å². The predicted molar refractivity (Wildman–Crippen MR) is 119 cm³/mol. The molecule has 0 aliphatic carbocycles. The molecular weight excluding hydrogens is 422 g/mol. The summed E-state index contributed by atoms with van der Waals surface area (Å²) in [5.41, 5.74) is 2.06. The van der Waals surface area contributed by atoms with Gasteiger partial charge in [0.2, 0.25) is 0 Å². The molecule has 2 amide bonds. The van der Waals surface area contributed by atoms with Crippen molar-refractivity contribution >= 4 is 45.8 Å². The first kappa shape index (κ1) is 20.6. The van der Waals surface area contributed by atoms with Gasteiger partial charge in [-0.15, -0.1) is 11.3 Å². The fraction of sp³-hybridized carbons (Fsp3) is 0.318. The van der Waals surface area contributed by atoms with Crippen molar-refractivity contribution in [2.45, 2.75) is 13.3 Å². The molecule has 8 heteroatoms. The van der Waals surface area contributed by atoms with Crippen LogP contribution < -0.4 is 0 Å². The van der Waals surface area contributed by atoms with E-state index >= 15 is 0 Å². The minimum atomic E-state index is -0.311. The lowest BCUT2D eigenvalue weighted by molar-refractivity contribution is 0.0560. The molecule has 1 aromatic carbocycles. The minimum Gasteiger partial charge on any atom is -0.449 e. The molecule has 1 aliphatic rings. The number of ether oxygens (including phenoxy) is 1. The molecule has 0 saturated carbocycles. The number of aromatic nitrogens is 1. The molecule has 30 heavy (non-hydrogen) atoms. The standard InChI is InChI=1S/C22H22ClN3O3S/c1-2-11-29-22(28)26-9-7-25(8-10-26)21(27)15-5-6-16-17(23)14-19(24-18(16)13-15)20-4-3-12-30-20/h3-6,12-14H,2,7-11H2,1H3. The Morgan fingerprint density at radius 1 is 1.13 bits per heavy atom. The van der Waals surface area contributed by atoms with Crippen LogP contribution in [0, 0.1) is 0 Å². The van der Waals surface area contributed by atoms with Crippen LogP contribution in [-0.2, 0) is 4.74 Å². The largest absolute Gasteiger partial charge is 0.449 e. The van der Waals surface area contributed by atoms with Crippen LogP contribution in [0.4, 0.5) is 4.79 Å². The highest BCUT2D eigenvalue weighted by Crippen LogP contribution is 2.31. The molecule has 2 aromatic heterocycles. The van der Waals surface area contributed by atoms with Crippen molar-refractivity contribution < 1.29 is 14.3 Å². The second-order valence-electron chi connectivity index (χ2n) is 7.09. The molecule has 1 saturated heterocycles. The number of fused-ring (bicyclic) bond motifs is 1. The van der Waals surface area contributed by atoms with Gasteiger partial charge in [-0.05, 0) is 36.1 Å². The highest BCUT2D eigenvalue weighted by molar-refractivity contribution is 7.13. The molecule has 6 nitrogen and oxygen atoms in total. The summed E-state index contributed by atoms with van der Waals surface area (Å²) in [5, 5.41) is 3.42. The Labute approximate surface area is 184 Å². The van der Waals surface area contributed by atoms with Gasteiger partial charge in [-0.25, -0.2) is 9.78 Å². The summed E-state index contributed by atoms with van der Waals surface area (Å²) in [6, 6.07) is 11.2. The summed E-state index contributed by atoms with van der Waals surface area (Å²) in [7, 11) is 0. The average molecular weight is 444 g/mol. The van der Waals surface area contributed by atoms with Gasteiger partial charge in [-0.3, -0.25) is 4.79 Å². The van der Waals surface area contributed by atoms with Crippen molar-refractivity contribution in [3.8, 4) is 10.6 Å². The van der Waals surface area contributed by atoms with E-state index in [4.69, 9.17) is 21.3 Å². The first-order valence-electron chi connectivity index (χ1n) is 9.92. The lowest BCUT2D eigenvalue weighted by atomic mass is 10.1. The van der Waals surface area contributed by atoms with Gasteiger partial charge in [-0.2, -0.15) is 0 Å². The number of hydrogen-bond acceptors (Lipinski definition) is 5. The third-order valence-electron chi connectivity index (χ3n) is 5.03. The van der Waals surface area contributed by atoms with Crippen LogP contribution in [0.15, 0.2) is 41.8 Å². The molecule has 4 rings (SSSR count). The van der Waals surface area contributed by atoms with E-state index in [0.717, 1.165) is 22.4 Å². The molecule has 0 radical (unpaired) electrons. The van der Waals surface area contributed by atoms with Crippen LogP contribution in [-0.4, -0.2) is 59.6 Å². The molecule has 0 atom stereocenters. The summed E-state index contributed by atoms with van der Waals surface area (Å²) in [5.74, 6) is -0.0714. The second-order valence-corrected chi connectivity index (χ2v) is 8.45. The number of halogens is 1. The van der Waals surface area contributed by atoms with Gasteiger partial charge in [0.25, 0.3) is 5.91 Å². The zero-order chi connectivity index (χ0) is 21.1. The number of carbonyl (C=O) groups excluding carboxylic acids is 2. The lowest BCUT2D eigenvalue weighted by Crippen LogP contribution is -2.50. The zero-order valence-corrected chi connectivity index (χ0v) is 18.2. The van der Waals surface area contributed by atoms with Gasteiger partial charge >= 0.3 is 6.09 Å². The van der Waals surface area contributed by atoms with Crippen molar-refractivity contribution in [2.24, 2.45) is 0 Å². The first-order chi connectivity index (χ1) is 14.6. The van der Waals surface area contributed by atoms with E-state index < -0.39 is 0 Å². The van der Waals surface area contributed by atoms with E-state index in [2.05, 4.69) is 0 Å². The number of amides is 2. The Kier molecular flexibility index (Phi) is 6.20. The number of piperazine rings is 1. The van der Waals surface area contributed by atoms with Gasteiger partial charge in [0.1, 0.15) is 0 Å². The van der Waals surface area contributed by atoms with Crippen molar-refractivity contribution in [3.05, 3.63) is 52.4 Å². The summed E-state index contributed by atoms with van der Waals surface area (Å²) in [6.45, 7) is 4.25. The Hall–Kier alpha value is -2.64. The molecule has 0 N–H and O–H groups in total. The highest BCUT2D eigenvalue weighted by Gasteiger charge is 2.26. The molecule has 1 fully saturated rings. The highest BCUT2D eigenvalue weighted by atomic mass is 35.5. The number of benzene rings is 1. The first-order valence-corrected chi connectivity index (χ1v) is 11.2. The van der Waals surface area contributed by atoms with E-state index in [1.165, 1.54) is 0 Å². The number of thiophene rings is 1. The molecule has 1 aliphatic heterocycles. The normalized spacial score (nSPS) is 14.2. The maximum absolute atomic E-state index is 13.0. The quantitative estimate of drug-likeness (QED) is 0.574. The maximum atomic E-state index is 13.0. The van der Waals surface area contributed by atoms with Gasteiger partial charge < -0.3 is 14.5 Å². The fourth-order valence-corrected chi connectivity index (χ4v) is 4.37. The summed E-state index contributed by atoms with van der Waals surface area (Å²) < 4.78 is 5.18. The molecule has 3 heterocycles. The fourth-order valence-electron chi connectivity index (χ4n) is 3.42. The molecule has 0 bridgehead atoms. The molecule has 3 aromatic rings. The Morgan fingerprint density at radius 3 is 2.60 bits per heavy atom. The Bertz CT molecular complexity index is 1060. The minimum absolute atomic E-state index is 0.0714. The van der Waals surface area contributed by atoms with Gasteiger partial charge in [0.05, 0.1) is 27.7 Å². The second kappa shape index (κ2) is 9.02. The topological polar surface area (TPSA) is 62.7 Å². The average Bonchev–Trinajstić information content (AvgIpc) is 3.31. The summed E-state index contributed by atoms with van der Waals surface area (Å²) >= 11 is 8.06. The maximum Gasteiger partial charge on any atom is 0.409 e. The molecular formula is C22H22ClN3O3S. The Morgan fingerprint density at radius 2 is 1.90 bits per heavy atom. The van der Waals surface area contributed by atoms with E-state index in [0.29, 0.717) is 48.9 Å². The monoisotopic (exact) mass is 443 g/mol. The van der Waals surface area contributed by atoms with Gasteiger partial charge in [-0.1, -0.05) is 30.7 Å². The summed E-state index contributed by atoms with van der Waals surface area (Å²) in [4.78, 5) is 34.2. The van der Waals surface area contributed by atoms with Crippen molar-refractivity contribution in [1.29, 1.82) is 0 Å². The van der Waals surface area contributed by atoms with Crippen molar-refractivity contribution in [1.82, 2.24) is 14.8 Å². The number of hydrogen-bond donors (Lipinski definition) is 0. The van der Waals surface area contributed by atoms with Crippen molar-refractivity contribution in [3.63, 3.8) is 0 Å². The van der Waals surface area contributed by atoms with E-state index in [-0.39, 0.29) is 12.0 Å². The molecule has 0 unspecified atom stereocenters. The third-order valence-corrected chi connectivity index (χ3v) is 6.24. The SMILES string of the molecule is CCCOC(=O)N1CCN(C(=O)c2ccc3c(Cl)cc(-c4cccs4)nc3c2)CC1. The lowest BCUT2D eigenvalue weighted by Gasteiger charge is -2.34. The number of rotatable bonds is 4. The summed E-state index contributed by atoms with van der Waals surface area (Å²) in [6.07, 6.45) is 0.480. The van der Waals surface area contributed by atoms with Crippen LogP contribution in [0.5, 0.6) is 0 Å². The smallest absolute Gasteiger partial charge is 0.409 e. The van der Waals surface area contributed by atoms with Gasteiger partial charge in [0, 0.05) is 37.1 Å². The van der Waals surface area contributed by atoms with Crippen LogP contribution in [0.1, 0.15) is 23.7 Å². The molecule has 156 valence electrons. The van der Waals surface area contributed by atoms with Crippen LogP contribution >= 0.6 is 22.9 Å². The van der Waals surface area contributed by atoms with E-state index in [1.54, 1.807) is 33.3 Å². The van der Waals surface area contributed by atoms with E-state index in [1.807, 2.05) is 36.6 Å². The number of pyridine rings is 1. The van der Waals surface area contributed by atoms with E-state index in [9.17, 15) is 9.59 Å². The predicted octanol–water partition coefficient (Wildman–Crippen LogP) is 4.92. The van der Waals surface area contributed by atoms with Crippen LogP contribution in [0.3, 0.4) is 0 Å². The number of nitrogens with zero attached hydrogens (tertiary/aromatic N) is 3. The third kappa shape index (κ3) is 4.27. The molecule has 0 spiro atoms.